The van der Waals surface area contributed by atoms with E-state index in [0.29, 0.717) is 18.7 Å². The summed E-state index contributed by atoms with van der Waals surface area (Å²) in [4.78, 5) is 11.9. The van der Waals surface area contributed by atoms with Crippen molar-refractivity contribution in [2.24, 2.45) is 0 Å². The Morgan fingerprint density at radius 1 is 0.957 bits per heavy atom. The van der Waals surface area contributed by atoms with Gasteiger partial charge in [0.2, 0.25) is 0 Å². The molecule has 0 aliphatic carbocycles. The number of nitrogens with one attached hydrogen (secondary N) is 3. The van der Waals surface area contributed by atoms with Crippen LogP contribution in [-0.2, 0) is 0 Å². The third kappa shape index (κ3) is 5.88. The molecule has 1 amide bonds. The molecule has 0 saturated carbocycles. The van der Waals surface area contributed by atoms with Crippen LogP contribution < -0.4 is 10.6 Å². The Kier molecular flexibility index (Phi) is 6.75. The van der Waals surface area contributed by atoms with Gasteiger partial charge in [-0.05, 0) is 23.3 Å². The van der Waals surface area contributed by atoms with Gasteiger partial charge in [0.25, 0.3) is 5.91 Å². The molecule has 0 aliphatic heterocycles. The molecule has 4 heteroatoms. The van der Waals surface area contributed by atoms with Crippen LogP contribution >= 0.6 is 0 Å². The highest BCUT2D eigenvalue weighted by atomic mass is 16.1. The fourth-order valence-electron chi connectivity index (χ4n) is 2.04. The quantitative estimate of drug-likeness (QED) is 0.518. The van der Waals surface area contributed by atoms with Crippen LogP contribution in [0.2, 0.25) is 0 Å². The molecule has 0 spiro atoms. The fourth-order valence-corrected chi connectivity index (χ4v) is 2.04. The third-order valence-corrected chi connectivity index (χ3v) is 3.30. The molecule has 0 aliphatic rings. The van der Waals surface area contributed by atoms with Crippen molar-refractivity contribution >= 4 is 18.2 Å². The van der Waals surface area contributed by atoms with Crippen LogP contribution in [0.25, 0.3) is 6.08 Å². The number of hydrogen-bond acceptors (Lipinski definition) is 3. The predicted octanol–water partition coefficient (Wildman–Crippen LogP) is 2.72. The van der Waals surface area contributed by atoms with Gasteiger partial charge in [-0.1, -0.05) is 54.6 Å². The number of benzene rings is 2. The fraction of sp³-hybridized carbons (Fsp3) is 0.158. The minimum absolute atomic E-state index is 0.0943. The summed E-state index contributed by atoms with van der Waals surface area (Å²) in [7, 11) is 0. The normalized spacial score (nSPS) is 10.6. The summed E-state index contributed by atoms with van der Waals surface area (Å²) < 4.78 is 0. The lowest BCUT2D eigenvalue weighted by Gasteiger charge is -2.06. The number of hydrogen-bond donors (Lipinski definition) is 3. The molecule has 0 heterocycles. The Morgan fingerprint density at radius 2 is 1.70 bits per heavy atom. The molecular weight excluding hydrogens is 286 g/mol. The first-order valence-corrected chi connectivity index (χ1v) is 7.60. The van der Waals surface area contributed by atoms with E-state index < -0.39 is 0 Å². The van der Waals surface area contributed by atoms with E-state index >= 15 is 0 Å². The van der Waals surface area contributed by atoms with E-state index in [1.54, 1.807) is 24.3 Å². The molecule has 0 bridgehead atoms. The summed E-state index contributed by atoms with van der Waals surface area (Å²) in [5, 5.41) is 13.2. The van der Waals surface area contributed by atoms with Gasteiger partial charge < -0.3 is 16.0 Å². The lowest BCUT2D eigenvalue weighted by molar-refractivity contribution is 0.0954. The van der Waals surface area contributed by atoms with E-state index in [-0.39, 0.29) is 5.91 Å². The summed E-state index contributed by atoms with van der Waals surface area (Å²) in [5.74, 6) is -0.0943. The van der Waals surface area contributed by atoms with Crippen molar-refractivity contribution in [2.75, 3.05) is 19.6 Å². The van der Waals surface area contributed by atoms with Gasteiger partial charge in [-0.2, -0.15) is 0 Å². The van der Waals surface area contributed by atoms with Crippen molar-refractivity contribution < 1.29 is 4.79 Å². The summed E-state index contributed by atoms with van der Waals surface area (Å²) in [5.41, 5.74) is 2.57. The molecule has 0 saturated heterocycles. The summed E-state index contributed by atoms with van der Waals surface area (Å²) >= 11 is 0. The standard InChI is InChI=1S/C19H21N3O/c20-15-17-8-10-18(11-9-17)19(23)22-14-13-21-12-4-7-16-5-2-1-3-6-16/h1-11,15,20-21H,12-14H2,(H,22,23)/b7-4+,20-15?. The van der Waals surface area contributed by atoms with E-state index in [4.69, 9.17) is 5.41 Å². The highest BCUT2D eigenvalue weighted by Gasteiger charge is 2.03. The third-order valence-electron chi connectivity index (χ3n) is 3.30. The van der Waals surface area contributed by atoms with Crippen molar-refractivity contribution in [3.63, 3.8) is 0 Å². The largest absolute Gasteiger partial charge is 0.351 e. The second-order valence-corrected chi connectivity index (χ2v) is 5.04. The molecule has 23 heavy (non-hydrogen) atoms. The van der Waals surface area contributed by atoms with Gasteiger partial charge in [0.15, 0.2) is 0 Å². The smallest absolute Gasteiger partial charge is 0.251 e. The summed E-state index contributed by atoms with van der Waals surface area (Å²) in [6, 6.07) is 17.1. The minimum Gasteiger partial charge on any atom is -0.351 e. The van der Waals surface area contributed by atoms with Crippen LogP contribution in [0.4, 0.5) is 0 Å². The van der Waals surface area contributed by atoms with Crippen molar-refractivity contribution in [1.29, 1.82) is 5.41 Å². The maximum absolute atomic E-state index is 11.9. The zero-order valence-electron chi connectivity index (χ0n) is 13.0. The molecule has 0 aromatic heterocycles. The number of carbonyl (C=O) groups excluding carboxylic acids is 1. The molecule has 2 aromatic rings. The number of carbonyl (C=O) groups is 1. The molecule has 0 fully saturated rings. The molecule has 2 rings (SSSR count). The van der Waals surface area contributed by atoms with Gasteiger partial charge in [-0.25, -0.2) is 0 Å². The second kappa shape index (κ2) is 9.33. The van der Waals surface area contributed by atoms with Gasteiger partial charge in [0.05, 0.1) is 0 Å². The Bertz CT molecular complexity index is 648. The van der Waals surface area contributed by atoms with Gasteiger partial charge in [-0.15, -0.1) is 0 Å². The van der Waals surface area contributed by atoms with Gasteiger partial charge >= 0.3 is 0 Å². The van der Waals surface area contributed by atoms with Crippen LogP contribution in [-0.4, -0.2) is 31.8 Å². The van der Waals surface area contributed by atoms with Crippen molar-refractivity contribution in [3.8, 4) is 0 Å². The first kappa shape index (κ1) is 16.6. The highest BCUT2D eigenvalue weighted by molar-refractivity contribution is 5.94. The van der Waals surface area contributed by atoms with Crippen LogP contribution in [0.3, 0.4) is 0 Å². The molecule has 118 valence electrons. The van der Waals surface area contributed by atoms with Crippen LogP contribution in [0.15, 0.2) is 60.7 Å². The second-order valence-electron chi connectivity index (χ2n) is 5.04. The first-order chi connectivity index (χ1) is 11.3. The Balaban J connectivity index is 1.62. The highest BCUT2D eigenvalue weighted by Crippen LogP contribution is 2.02. The molecule has 0 unspecified atom stereocenters. The van der Waals surface area contributed by atoms with Crippen LogP contribution in [0.1, 0.15) is 21.5 Å². The number of amides is 1. The molecule has 4 nitrogen and oxygen atoms in total. The van der Waals surface area contributed by atoms with E-state index in [9.17, 15) is 4.79 Å². The Labute approximate surface area is 136 Å². The molecular formula is C19H21N3O. The summed E-state index contributed by atoms with van der Waals surface area (Å²) in [6.07, 6.45) is 5.39. The van der Waals surface area contributed by atoms with Crippen molar-refractivity contribution in [2.45, 2.75) is 0 Å². The maximum atomic E-state index is 11.9. The monoisotopic (exact) mass is 307 g/mol. The molecule has 0 radical (unpaired) electrons. The van der Waals surface area contributed by atoms with Gasteiger partial charge in [0, 0.05) is 31.4 Å². The van der Waals surface area contributed by atoms with Gasteiger partial charge in [0.1, 0.15) is 0 Å². The van der Waals surface area contributed by atoms with Crippen molar-refractivity contribution in [3.05, 3.63) is 77.4 Å². The van der Waals surface area contributed by atoms with Gasteiger partial charge in [-0.3, -0.25) is 4.79 Å². The molecule has 0 atom stereocenters. The van der Waals surface area contributed by atoms with E-state index in [0.717, 1.165) is 12.1 Å². The first-order valence-electron chi connectivity index (χ1n) is 7.60. The average molecular weight is 307 g/mol. The molecule has 2 aromatic carbocycles. The number of rotatable bonds is 8. The van der Waals surface area contributed by atoms with E-state index in [1.807, 2.05) is 18.2 Å². The average Bonchev–Trinajstić information content (AvgIpc) is 2.61. The Hall–Kier alpha value is -2.72. The van der Waals surface area contributed by atoms with Crippen molar-refractivity contribution in [1.82, 2.24) is 10.6 Å². The maximum Gasteiger partial charge on any atom is 0.251 e. The molecule has 3 N–H and O–H groups in total. The van der Waals surface area contributed by atoms with Crippen LogP contribution in [0, 0.1) is 5.41 Å². The summed E-state index contributed by atoms with van der Waals surface area (Å²) in [6.45, 7) is 2.05. The topological polar surface area (TPSA) is 65.0 Å². The van der Waals surface area contributed by atoms with E-state index in [2.05, 4.69) is 34.9 Å². The van der Waals surface area contributed by atoms with Crippen LogP contribution in [0.5, 0.6) is 0 Å². The predicted molar refractivity (Wildman–Crippen MR) is 95.0 cm³/mol. The zero-order valence-corrected chi connectivity index (χ0v) is 13.0. The lowest BCUT2D eigenvalue weighted by Crippen LogP contribution is -2.31. The lowest BCUT2D eigenvalue weighted by atomic mass is 10.1. The SMILES string of the molecule is N=Cc1ccc(C(=O)NCCNC/C=C/c2ccccc2)cc1. The Morgan fingerprint density at radius 3 is 2.39 bits per heavy atom. The van der Waals surface area contributed by atoms with E-state index in [1.165, 1.54) is 11.8 Å². The minimum atomic E-state index is -0.0943. The zero-order chi connectivity index (χ0) is 16.3.